The topological polar surface area (TPSA) is 9.23 Å². The number of halogens is 1. The molecule has 0 saturated carbocycles. The molecule has 90 valence electrons. The minimum Gasteiger partial charge on any atom is -0.485 e. The van der Waals surface area contributed by atoms with Crippen LogP contribution in [0.25, 0.3) is 0 Å². The van der Waals surface area contributed by atoms with Crippen LogP contribution in [0.5, 0.6) is 5.75 Å². The molecule has 0 radical (unpaired) electrons. The summed E-state index contributed by atoms with van der Waals surface area (Å²) in [7, 11) is 0. The van der Waals surface area contributed by atoms with Crippen LogP contribution in [0.3, 0.4) is 0 Å². The van der Waals surface area contributed by atoms with Crippen LogP contribution in [0.1, 0.15) is 22.2 Å². The molecule has 0 saturated heterocycles. The summed E-state index contributed by atoms with van der Waals surface area (Å²) in [6.45, 7) is 4.48. The molecule has 1 nitrogen and oxygen atoms in total. The predicted octanol–water partition coefficient (Wildman–Crippen LogP) is 4.34. The number of hydrogen-bond acceptors (Lipinski definition) is 2. The standard InChI is InChI=1S/C14H15FOS/c1-3-11-5-6-12(17-11)9-16-14-8-10(2)4-7-13(14)15/h4-8H,3,9H2,1-2H3. The Balaban J connectivity index is 2.04. The van der Waals surface area contributed by atoms with Gasteiger partial charge in [-0.25, -0.2) is 4.39 Å². The molecule has 3 heteroatoms. The lowest BCUT2D eigenvalue weighted by Gasteiger charge is -2.06. The second-order valence-electron chi connectivity index (χ2n) is 3.94. The highest BCUT2D eigenvalue weighted by Gasteiger charge is 2.05. The Bertz CT molecular complexity index is 505. The minimum absolute atomic E-state index is 0.303. The Morgan fingerprint density at radius 2 is 1.94 bits per heavy atom. The van der Waals surface area contributed by atoms with E-state index in [1.165, 1.54) is 10.9 Å². The van der Waals surface area contributed by atoms with E-state index in [1.807, 2.05) is 13.0 Å². The van der Waals surface area contributed by atoms with E-state index in [0.717, 1.165) is 16.9 Å². The monoisotopic (exact) mass is 250 g/mol. The molecule has 0 aliphatic rings. The van der Waals surface area contributed by atoms with Gasteiger partial charge in [-0.1, -0.05) is 13.0 Å². The summed E-state index contributed by atoms with van der Waals surface area (Å²) in [5, 5.41) is 0. The van der Waals surface area contributed by atoms with E-state index in [0.29, 0.717) is 12.4 Å². The van der Waals surface area contributed by atoms with Crippen molar-refractivity contribution in [2.24, 2.45) is 0 Å². The summed E-state index contributed by atoms with van der Waals surface area (Å²) in [4.78, 5) is 2.45. The Labute approximate surface area is 105 Å². The van der Waals surface area contributed by atoms with Crippen LogP contribution < -0.4 is 4.74 Å². The fourth-order valence-electron chi connectivity index (χ4n) is 1.56. The zero-order valence-electron chi connectivity index (χ0n) is 10.00. The van der Waals surface area contributed by atoms with Crippen molar-refractivity contribution in [1.82, 2.24) is 0 Å². The molecule has 0 atom stereocenters. The zero-order chi connectivity index (χ0) is 12.3. The molecule has 0 unspecified atom stereocenters. The SMILES string of the molecule is CCc1ccc(COc2cc(C)ccc2F)s1. The second kappa shape index (κ2) is 5.32. The Hall–Kier alpha value is -1.35. The molecular weight excluding hydrogens is 235 g/mol. The van der Waals surface area contributed by atoms with Crippen LogP contribution in [0.15, 0.2) is 30.3 Å². The van der Waals surface area contributed by atoms with E-state index < -0.39 is 0 Å². The molecule has 1 aromatic heterocycles. The van der Waals surface area contributed by atoms with Gasteiger partial charge in [0.05, 0.1) is 0 Å². The smallest absolute Gasteiger partial charge is 0.165 e. The molecule has 0 N–H and O–H groups in total. The minimum atomic E-state index is -0.303. The van der Waals surface area contributed by atoms with Gasteiger partial charge in [-0.2, -0.15) is 0 Å². The highest BCUT2D eigenvalue weighted by Crippen LogP contribution is 2.22. The van der Waals surface area contributed by atoms with Gasteiger partial charge in [0.25, 0.3) is 0 Å². The van der Waals surface area contributed by atoms with E-state index in [1.54, 1.807) is 23.5 Å². The fourth-order valence-corrected chi connectivity index (χ4v) is 2.43. The summed E-state index contributed by atoms with van der Waals surface area (Å²) in [6, 6.07) is 9.04. The van der Waals surface area contributed by atoms with E-state index in [2.05, 4.69) is 13.0 Å². The summed E-state index contributed by atoms with van der Waals surface area (Å²) in [5.74, 6) is 0.0271. The number of hydrogen-bond donors (Lipinski definition) is 0. The van der Waals surface area contributed by atoms with E-state index in [4.69, 9.17) is 4.74 Å². The van der Waals surface area contributed by atoms with Gasteiger partial charge in [0, 0.05) is 9.75 Å². The number of benzene rings is 1. The predicted molar refractivity (Wildman–Crippen MR) is 69.2 cm³/mol. The molecule has 0 amide bonds. The van der Waals surface area contributed by atoms with Gasteiger partial charge in [0.1, 0.15) is 6.61 Å². The van der Waals surface area contributed by atoms with Crippen molar-refractivity contribution >= 4 is 11.3 Å². The molecule has 17 heavy (non-hydrogen) atoms. The van der Waals surface area contributed by atoms with Crippen LogP contribution in [0, 0.1) is 12.7 Å². The van der Waals surface area contributed by atoms with Crippen LogP contribution >= 0.6 is 11.3 Å². The first kappa shape index (κ1) is 12.1. The van der Waals surface area contributed by atoms with E-state index >= 15 is 0 Å². The van der Waals surface area contributed by atoms with Gasteiger partial charge < -0.3 is 4.74 Å². The molecular formula is C14H15FOS. The van der Waals surface area contributed by atoms with Gasteiger partial charge >= 0.3 is 0 Å². The Kier molecular flexibility index (Phi) is 3.79. The van der Waals surface area contributed by atoms with Crippen LogP contribution in [-0.4, -0.2) is 0 Å². The van der Waals surface area contributed by atoms with Crippen molar-refractivity contribution in [2.45, 2.75) is 26.9 Å². The van der Waals surface area contributed by atoms with Crippen molar-refractivity contribution in [2.75, 3.05) is 0 Å². The summed E-state index contributed by atoms with van der Waals surface area (Å²) in [5.41, 5.74) is 1.00. The average molecular weight is 250 g/mol. The molecule has 1 aromatic carbocycles. The molecule has 0 bridgehead atoms. The van der Waals surface area contributed by atoms with Gasteiger partial charge in [-0.15, -0.1) is 11.3 Å². The first-order chi connectivity index (χ1) is 8.19. The molecule has 1 heterocycles. The Morgan fingerprint density at radius 3 is 2.65 bits per heavy atom. The van der Waals surface area contributed by atoms with Gasteiger partial charge in [0.15, 0.2) is 11.6 Å². The van der Waals surface area contributed by atoms with Crippen molar-refractivity contribution in [3.05, 3.63) is 51.5 Å². The maximum atomic E-state index is 13.4. The van der Waals surface area contributed by atoms with Crippen molar-refractivity contribution in [1.29, 1.82) is 0 Å². The number of rotatable bonds is 4. The highest BCUT2D eigenvalue weighted by molar-refractivity contribution is 7.11. The maximum absolute atomic E-state index is 13.4. The lowest BCUT2D eigenvalue weighted by atomic mass is 10.2. The third-order valence-corrected chi connectivity index (χ3v) is 3.73. The number of ether oxygens (including phenoxy) is 1. The van der Waals surface area contributed by atoms with Crippen molar-refractivity contribution in [3.63, 3.8) is 0 Å². The largest absolute Gasteiger partial charge is 0.485 e. The van der Waals surface area contributed by atoms with Gasteiger partial charge in [-0.05, 0) is 43.2 Å². The fraction of sp³-hybridized carbons (Fsp3) is 0.286. The Morgan fingerprint density at radius 1 is 1.18 bits per heavy atom. The maximum Gasteiger partial charge on any atom is 0.165 e. The third-order valence-electron chi connectivity index (χ3n) is 2.52. The molecule has 2 rings (SSSR count). The molecule has 0 spiro atoms. The van der Waals surface area contributed by atoms with Crippen molar-refractivity contribution in [3.8, 4) is 5.75 Å². The van der Waals surface area contributed by atoms with E-state index in [9.17, 15) is 4.39 Å². The normalized spacial score (nSPS) is 10.5. The first-order valence-electron chi connectivity index (χ1n) is 5.65. The lowest BCUT2D eigenvalue weighted by molar-refractivity contribution is 0.293. The molecule has 2 aromatic rings. The zero-order valence-corrected chi connectivity index (χ0v) is 10.8. The summed E-state index contributed by atoms with van der Waals surface area (Å²) >= 11 is 1.71. The molecule has 0 fully saturated rings. The van der Waals surface area contributed by atoms with Crippen molar-refractivity contribution < 1.29 is 9.13 Å². The van der Waals surface area contributed by atoms with Crippen LogP contribution in [0.2, 0.25) is 0 Å². The summed E-state index contributed by atoms with van der Waals surface area (Å²) < 4.78 is 18.9. The lowest BCUT2D eigenvalue weighted by Crippen LogP contribution is -1.95. The highest BCUT2D eigenvalue weighted by atomic mass is 32.1. The van der Waals surface area contributed by atoms with Gasteiger partial charge in [0.2, 0.25) is 0 Å². The molecule has 0 aliphatic carbocycles. The number of aryl methyl sites for hydroxylation is 2. The number of thiophene rings is 1. The van der Waals surface area contributed by atoms with Crippen LogP contribution in [-0.2, 0) is 13.0 Å². The first-order valence-corrected chi connectivity index (χ1v) is 6.47. The quantitative estimate of drug-likeness (QED) is 0.784. The van der Waals surface area contributed by atoms with Crippen LogP contribution in [0.4, 0.5) is 4.39 Å². The average Bonchev–Trinajstić information content (AvgIpc) is 2.78. The third kappa shape index (κ3) is 3.07. The second-order valence-corrected chi connectivity index (χ2v) is 5.20. The van der Waals surface area contributed by atoms with E-state index in [-0.39, 0.29) is 5.82 Å². The molecule has 0 aliphatic heterocycles. The van der Waals surface area contributed by atoms with Gasteiger partial charge in [-0.3, -0.25) is 0 Å². The summed E-state index contributed by atoms with van der Waals surface area (Å²) in [6.07, 6.45) is 1.03.